The standard InChI is InChI=1S/C26H27ClN6O6/c1-32(2)25(36)17-8-9-18-20(29-17)21(22(39-18)24(35)30-19-10-5-15(27)13-28-19)31-23(34)14-3-6-16(7-4-14)33-11-12-38-26(33)37/h5,8-10,13-14,16H,3-4,6-7,11-12H2,1-2H3,(H,31,34)(H,28,30,35)/t14-,16-. The normalized spacial score (nSPS) is 19.1. The molecule has 1 aliphatic heterocycles. The number of anilines is 2. The number of ether oxygens (including phenoxy) is 1. The number of furan rings is 1. The van der Waals surface area contributed by atoms with Crippen molar-refractivity contribution in [2.75, 3.05) is 37.9 Å². The van der Waals surface area contributed by atoms with Crippen molar-refractivity contribution >= 4 is 58.0 Å². The Morgan fingerprint density at radius 1 is 1.08 bits per heavy atom. The van der Waals surface area contributed by atoms with E-state index in [1.807, 2.05) is 0 Å². The van der Waals surface area contributed by atoms with Gasteiger partial charge in [-0.1, -0.05) is 11.6 Å². The Labute approximate surface area is 228 Å². The summed E-state index contributed by atoms with van der Waals surface area (Å²) < 4.78 is 10.9. The van der Waals surface area contributed by atoms with E-state index in [0.29, 0.717) is 43.9 Å². The molecule has 2 N–H and O–H groups in total. The first-order chi connectivity index (χ1) is 18.7. The number of nitrogens with one attached hydrogen (secondary N) is 2. The molecule has 13 heteroatoms. The predicted molar refractivity (Wildman–Crippen MR) is 142 cm³/mol. The number of rotatable bonds is 6. The molecule has 0 spiro atoms. The van der Waals surface area contributed by atoms with Gasteiger partial charge in [0.25, 0.3) is 11.8 Å². The second-order valence-electron chi connectivity index (χ2n) is 9.67. The van der Waals surface area contributed by atoms with Gasteiger partial charge in [0.15, 0.2) is 5.58 Å². The average molecular weight is 555 g/mol. The number of hydrogen-bond donors (Lipinski definition) is 2. The van der Waals surface area contributed by atoms with E-state index in [1.54, 1.807) is 25.1 Å². The summed E-state index contributed by atoms with van der Waals surface area (Å²) in [5.41, 5.74) is 0.609. The smallest absolute Gasteiger partial charge is 0.410 e. The second-order valence-corrected chi connectivity index (χ2v) is 10.1. The van der Waals surface area contributed by atoms with Gasteiger partial charge in [0.2, 0.25) is 11.7 Å². The van der Waals surface area contributed by atoms with Crippen molar-refractivity contribution in [1.82, 2.24) is 19.8 Å². The van der Waals surface area contributed by atoms with Crippen molar-refractivity contribution < 1.29 is 28.3 Å². The highest BCUT2D eigenvalue weighted by Gasteiger charge is 2.35. The predicted octanol–water partition coefficient (Wildman–Crippen LogP) is 3.78. The van der Waals surface area contributed by atoms with Crippen LogP contribution in [-0.2, 0) is 9.53 Å². The molecule has 3 aromatic heterocycles. The summed E-state index contributed by atoms with van der Waals surface area (Å²) in [7, 11) is 3.20. The summed E-state index contributed by atoms with van der Waals surface area (Å²) >= 11 is 5.88. The molecule has 0 unspecified atom stereocenters. The topological polar surface area (TPSA) is 147 Å². The van der Waals surface area contributed by atoms with E-state index in [9.17, 15) is 19.2 Å². The molecule has 4 amide bonds. The van der Waals surface area contributed by atoms with Crippen molar-refractivity contribution in [2.24, 2.45) is 5.92 Å². The number of hydrogen-bond acceptors (Lipinski definition) is 8. The molecular weight excluding hydrogens is 528 g/mol. The van der Waals surface area contributed by atoms with Gasteiger partial charge in [0.05, 0.1) is 11.6 Å². The Kier molecular flexibility index (Phi) is 7.38. The van der Waals surface area contributed by atoms with Crippen molar-refractivity contribution in [1.29, 1.82) is 0 Å². The lowest BCUT2D eigenvalue weighted by Crippen LogP contribution is -2.40. The Hall–Kier alpha value is -4.19. The van der Waals surface area contributed by atoms with Crippen molar-refractivity contribution in [3.8, 4) is 0 Å². The van der Waals surface area contributed by atoms with Gasteiger partial charge in [0.1, 0.15) is 29.3 Å². The molecule has 0 atom stereocenters. The van der Waals surface area contributed by atoms with Gasteiger partial charge < -0.3 is 29.6 Å². The molecule has 39 heavy (non-hydrogen) atoms. The highest BCUT2D eigenvalue weighted by Crippen LogP contribution is 2.34. The maximum atomic E-state index is 13.4. The molecule has 2 fully saturated rings. The number of fused-ring (bicyclic) bond motifs is 1. The van der Waals surface area contributed by atoms with Crippen LogP contribution in [0, 0.1) is 5.92 Å². The van der Waals surface area contributed by atoms with Gasteiger partial charge in [-0.15, -0.1) is 0 Å². The number of aromatic nitrogens is 2. The quantitative estimate of drug-likeness (QED) is 0.468. The minimum Gasteiger partial charge on any atom is -0.448 e. The van der Waals surface area contributed by atoms with Gasteiger partial charge in [-0.3, -0.25) is 14.4 Å². The molecule has 0 aromatic carbocycles. The number of cyclic esters (lactones) is 1. The number of pyridine rings is 2. The van der Waals surface area contributed by atoms with Crippen LogP contribution in [-0.4, -0.2) is 76.9 Å². The first kappa shape index (κ1) is 26.4. The van der Waals surface area contributed by atoms with Crippen LogP contribution >= 0.6 is 11.6 Å². The van der Waals surface area contributed by atoms with E-state index in [0.717, 1.165) is 0 Å². The fourth-order valence-electron chi connectivity index (χ4n) is 4.84. The van der Waals surface area contributed by atoms with Crippen molar-refractivity contribution in [2.45, 2.75) is 31.7 Å². The van der Waals surface area contributed by atoms with Crippen LogP contribution < -0.4 is 10.6 Å². The summed E-state index contributed by atoms with van der Waals surface area (Å²) in [6, 6.07) is 6.17. The van der Waals surface area contributed by atoms with Crippen LogP contribution in [0.4, 0.5) is 16.3 Å². The Bertz CT molecular complexity index is 1430. The van der Waals surface area contributed by atoms with Crippen LogP contribution in [0.5, 0.6) is 0 Å². The lowest BCUT2D eigenvalue weighted by molar-refractivity contribution is -0.121. The first-order valence-corrected chi connectivity index (χ1v) is 12.9. The fourth-order valence-corrected chi connectivity index (χ4v) is 4.95. The van der Waals surface area contributed by atoms with Crippen molar-refractivity contribution in [3.05, 3.63) is 46.9 Å². The number of carbonyl (C=O) groups is 4. The lowest BCUT2D eigenvalue weighted by Gasteiger charge is -2.32. The summed E-state index contributed by atoms with van der Waals surface area (Å²) in [5, 5.41) is 5.88. The van der Waals surface area contributed by atoms with Crippen LogP contribution in [0.15, 0.2) is 34.9 Å². The molecule has 0 bridgehead atoms. The molecule has 0 radical (unpaired) electrons. The largest absolute Gasteiger partial charge is 0.448 e. The third kappa shape index (κ3) is 5.51. The molecule has 1 saturated carbocycles. The van der Waals surface area contributed by atoms with E-state index in [1.165, 1.54) is 29.3 Å². The highest BCUT2D eigenvalue weighted by molar-refractivity contribution is 6.30. The zero-order chi connectivity index (χ0) is 27.7. The second kappa shape index (κ2) is 10.9. The van der Waals surface area contributed by atoms with E-state index in [-0.39, 0.29) is 63.9 Å². The summed E-state index contributed by atoms with van der Waals surface area (Å²) in [6.07, 6.45) is 3.52. The molecule has 3 aromatic rings. The summed E-state index contributed by atoms with van der Waals surface area (Å²) in [5.74, 6) is -1.58. The molecule has 204 valence electrons. The monoisotopic (exact) mass is 554 g/mol. The van der Waals surface area contributed by atoms with Gasteiger partial charge >= 0.3 is 6.09 Å². The first-order valence-electron chi connectivity index (χ1n) is 12.5. The third-order valence-corrected chi connectivity index (χ3v) is 7.11. The fraction of sp³-hybridized carbons (Fsp3) is 0.385. The number of nitrogens with zero attached hydrogens (tertiary/aromatic N) is 4. The van der Waals surface area contributed by atoms with Crippen molar-refractivity contribution in [3.63, 3.8) is 0 Å². The number of amides is 4. The molecule has 1 saturated heterocycles. The molecule has 4 heterocycles. The van der Waals surface area contributed by atoms with Gasteiger partial charge in [-0.05, 0) is 49.9 Å². The zero-order valence-electron chi connectivity index (χ0n) is 21.4. The van der Waals surface area contributed by atoms with E-state index in [4.69, 9.17) is 20.8 Å². The van der Waals surface area contributed by atoms with Gasteiger partial charge in [-0.2, -0.15) is 0 Å². The number of carbonyl (C=O) groups excluding carboxylic acids is 4. The van der Waals surface area contributed by atoms with Gasteiger partial charge in [0, 0.05) is 32.3 Å². The lowest BCUT2D eigenvalue weighted by atomic mass is 9.85. The summed E-state index contributed by atoms with van der Waals surface area (Å²) in [6.45, 7) is 0.941. The van der Waals surface area contributed by atoms with Crippen LogP contribution in [0.25, 0.3) is 11.1 Å². The molecule has 5 rings (SSSR count). The van der Waals surface area contributed by atoms with E-state index < -0.39 is 5.91 Å². The maximum Gasteiger partial charge on any atom is 0.410 e. The Morgan fingerprint density at radius 3 is 2.49 bits per heavy atom. The molecular formula is C26H27ClN6O6. The van der Waals surface area contributed by atoms with Crippen LogP contribution in [0.2, 0.25) is 5.02 Å². The number of halogens is 1. The Morgan fingerprint density at radius 2 is 1.85 bits per heavy atom. The Balaban J connectivity index is 1.40. The molecule has 1 aliphatic carbocycles. The average Bonchev–Trinajstić information content (AvgIpc) is 3.52. The van der Waals surface area contributed by atoms with Crippen LogP contribution in [0.1, 0.15) is 46.7 Å². The SMILES string of the molecule is CN(C)C(=O)c1ccc2oc(C(=O)Nc3ccc(Cl)cn3)c(NC(=O)[C@H]3CC[C@H](N4CCOC4=O)CC3)c2n1. The van der Waals surface area contributed by atoms with E-state index >= 15 is 0 Å². The minimum atomic E-state index is -0.658. The summed E-state index contributed by atoms with van der Waals surface area (Å²) in [4.78, 5) is 62.6. The van der Waals surface area contributed by atoms with Crippen LogP contribution in [0.3, 0.4) is 0 Å². The zero-order valence-corrected chi connectivity index (χ0v) is 22.2. The molecule has 2 aliphatic rings. The third-order valence-electron chi connectivity index (χ3n) is 6.88. The van der Waals surface area contributed by atoms with Gasteiger partial charge in [-0.25, -0.2) is 14.8 Å². The maximum absolute atomic E-state index is 13.4. The molecule has 12 nitrogen and oxygen atoms in total. The highest BCUT2D eigenvalue weighted by atomic mass is 35.5. The minimum absolute atomic E-state index is 0.0355. The van der Waals surface area contributed by atoms with E-state index in [2.05, 4.69) is 20.6 Å².